The molecule has 20 heteroatoms. The average Bonchev–Trinajstić information content (AvgIpc) is 3.66. The zero-order valence-corrected chi connectivity index (χ0v) is 28.3. The number of hydrogen-bond acceptors (Lipinski definition) is 1. The first kappa shape index (κ1) is 38.5. The lowest BCUT2D eigenvalue weighted by Gasteiger charge is -2.29. The average molecular weight is 615 g/mol. The molecule has 1 aromatic heterocycles. The summed E-state index contributed by atoms with van der Waals surface area (Å²) in [5.74, 6) is -1.92. The lowest BCUT2D eigenvalue weighted by Crippen LogP contribution is -2.56. The van der Waals surface area contributed by atoms with Crippen LogP contribution in [0.25, 0.3) is 32.6 Å². The van der Waals surface area contributed by atoms with Gasteiger partial charge in [-0.05, 0) is 46.1 Å². The molecule has 2 aliphatic carbocycles. The molecule has 51 heavy (non-hydrogen) atoms. The van der Waals surface area contributed by atoms with Crippen molar-refractivity contribution in [1.29, 1.82) is 0 Å². The molecule has 2 atom stereocenters. The Balaban J connectivity index is 1.78. The summed E-state index contributed by atoms with van der Waals surface area (Å²) in [6.45, 7) is 1.69. The normalized spacial score (nSPS) is 17.2. The van der Waals surface area contributed by atoms with E-state index in [2.05, 4.69) is 0 Å². The Hall–Kier alpha value is -2.19. The molecule has 2 aliphatic rings. The molecule has 3 aromatic carbocycles. The van der Waals surface area contributed by atoms with Gasteiger partial charge in [-0.1, -0.05) is 38.5 Å². The van der Waals surface area contributed by atoms with Crippen molar-refractivity contribution < 1.29 is 0 Å². The van der Waals surface area contributed by atoms with Crippen molar-refractivity contribution in [2.45, 2.75) is 18.7 Å². The van der Waals surface area contributed by atoms with Crippen molar-refractivity contribution in [3.8, 4) is 21.6 Å². The minimum atomic E-state index is -0.978. The van der Waals surface area contributed by atoms with E-state index < -0.39 is 11.7 Å². The van der Waals surface area contributed by atoms with E-state index in [9.17, 15) is 0 Å². The van der Waals surface area contributed by atoms with Gasteiger partial charge in [0.05, 0.1) is 7.85 Å². The van der Waals surface area contributed by atoms with Gasteiger partial charge in [-0.2, -0.15) is 0 Å². The smallest absolute Gasteiger partial charge is 0.113 e. The highest BCUT2D eigenvalue weighted by molar-refractivity contribution is 7.17. The molecule has 0 aliphatic heterocycles. The SMILES string of the molecule is [B]C1=C([B])C(c2c([B])c([B])c([B])c([B])c2[B])C(c2sc(-c3c([B])c([B])c([B])c([B])c3-c3c([B])c([B])c([B])c([B])c3C)c3c2C([B])C([B])=C3[B])=C1[B]. The highest BCUT2D eigenvalue weighted by atomic mass is 32.1. The van der Waals surface area contributed by atoms with Gasteiger partial charge in [-0.3, -0.25) is 0 Å². The summed E-state index contributed by atoms with van der Waals surface area (Å²) in [6, 6.07) is 0. The molecular weight excluding hydrogens is 610 g/mol. The molecule has 1 heterocycles. The molecule has 0 saturated heterocycles. The maximum atomic E-state index is 6.82. The van der Waals surface area contributed by atoms with E-state index in [1.165, 1.54) is 11.3 Å². The molecule has 6 rings (SSSR count). The van der Waals surface area contributed by atoms with E-state index in [0.29, 0.717) is 37.6 Å². The number of fused-ring (bicyclic) bond motifs is 1. The number of benzene rings is 3. The predicted octanol–water partition coefficient (Wildman–Crippen LogP) is -9.84. The predicted molar refractivity (Wildman–Crippen MR) is 237 cm³/mol. The van der Waals surface area contributed by atoms with Gasteiger partial charge in [0.15, 0.2) is 0 Å². The van der Waals surface area contributed by atoms with Crippen LogP contribution in [0.3, 0.4) is 0 Å². The van der Waals surface area contributed by atoms with E-state index in [1.807, 2.05) is 0 Å². The third-order valence-electron chi connectivity index (χ3n) is 9.99. The standard InChI is InChI=1S/C31H5B19S/c1-2-3(12(33)24(45)21(42)11(2)32)4-7(18(39)28(49)25(46)13(4)34)30-9-10(20(41)23(44)19(9)40)31(51-30)8-5(14(35)22(43)17(8)38)6-15(36)26(47)29(50)27(48)16(6)37/h5,20H,1H3. The molecule has 0 N–H and O–H groups in total. The summed E-state index contributed by atoms with van der Waals surface area (Å²) in [5.41, 5.74) is 3.78. The van der Waals surface area contributed by atoms with E-state index in [1.54, 1.807) is 6.92 Å². The fourth-order valence-electron chi connectivity index (χ4n) is 6.96. The summed E-state index contributed by atoms with van der Waals surface area (Å²) in [4.78, 5) is 0.863. The van der Waals surface area contributed by atoms with Crippen molar-refractivity contribution in [1.82, 2.24) is 0 Å². The number of hydrogen-bond donors (Lipinski definition) is 0. The van der Waals surface area contributed by atoms with Crippen molar-refractivity contribution in [2.75, 3.05) is 0 Å². The van der Waals surface area contributed by atoms with Crippen LogP contribution < -0.4 is 71.0 Å². The highest BCUT2D eigenvalue weighted by Gasteiger charge is 2.39. The van der Waals surface area contributed by atoms with Gasteiger partial charge < -0.3 is 0 Å². The van der Waals surface area contributed by atoms with Crippen molar-refractivity contribution in [2.24, 2.45) is 0 Å². The van der Waals surface area contributed by atoms with Crippen LogP contribution in [-0.2, 0) is 0 Å². The van der Waals surface area contributed by atoms with Gasteiger partial charge in [0, 0.05) is 15.7 Å². The monoisotopic (exact) mass is 618 g/mol. The first-order valence-corrected chi connectivity index (χ1v) is 15.9. The van der Waals surface area contributed by atoms with Crippen molar-refractivity contribution >= 4 is 242 Å². The number of rotatable bonds is 4. The van der Waals surface area contributed by atoms with Crippen LogP contribution in [0.5, 0.6) is 0 Å². The van der Waals surface area contributed by atoms with E-state index in [0.717, 1.165) is 0 Å². The van der Waals surface area contributed by atoms with Crippen LogP contribution in [0.1, 0.15) is 38.9 Å². The molecule has 2 unspecified atom stereocenters. The summed E-state index contributed by atoms with van der Waals surface area (Å²) in [7, 11) is 124. The molecule has 4 aromatic rings. The third kappa shape index (κ3) is 5.28. The Morgan fingerprint density at radius 3 is 1.33 bits per heavy atom. The Morgan fingerprint density at radius 1 is 0.373 bits per heavy atom. The third-order valence-corrected chi connectivity index (χ3v) is 11.2. The second kappa shape index (κ2) is 13.3. The lowest BCUT2D eigenvalue weighted by molar-refractivity contribution is 1.12. The van der Waals surface area contributed by atoms with Crippen LogP contribution in [0, 0.1) is 6.92 Å². The Labute approximate surface area is 329 Å². The second-order valence-electron chi connectivity index (χ2n) is 12.6. The van der Waals surface area contributed by atoms with Crippen molar-refractivity contribution in [3.63, 3.8) is 0 Å². The Bertz CT molecular complexity index is 2320. The van der Waals surface area contributed by atoms with Crippen LogP contribution in [0.2, 0.25) is 0 Å². The molecule has 0 saturated carbocycles. The Morgan fingerprint density at radius 2 is 0.804 bits per heavy atom. The van der Waals surface area contributed by atoms with Crippen LogP contribution >= 0.6 is 11.3 Å². The first-order valence-electron chi connectivity index (χ1n) is 15.1. The number of thiophene rings is 1. The minimum Gasteiger partial charge on any atom is -0.135 e. The highest BCUT2D eigenvalue weighted by Crippen LogP contribution is 2.56. The van der Waals surface area contributed by atoms with E-state index in [-0.39, 0.29) is 115 Å². The maximum absolute atomic E-state index is 6.82. The van der Waals surface area contributed by atoms with Crippen LogP contribution in [0.4, 0.5) is 0 Å². The van der Waals surface area contributed by atoms with E-state index in [4.69, 9.17) is 149 Å². The largest absolute Gasteiger partial charge is 0.135 e. The summed E-state index contributed by atoms with van der Waals surface area (Å²) >= 11 is 1.17. The Kier molecular flexibility index (Phi) is 10.0. The van der Waals surface area contributed by atoms with Gasteiger partial charge in [-0.25, -0.2) is 0 Å². The summed E-state index contributed by atoms with van der Waals surface area (Å²) in [5, 5.41) is 0. The molecule has 0 bridgehead atoms. The molecule has 38 radical (unpaired) electrons. The number of allylic oxidation sites excluding steroid dienone is 5. The molecule has 0 spiro atoms. The van der Waals surface area contributed by atoms with Gasteiger partial charge >= 0.3 is 0 Å². The summed E-state index contributed by atoms with van der Waals surface area (Å²) < 4.78 is 0. The zero-order chi connectivity index (χ0) is 38.0. The maximum Gasteiger partial charge on any atom is 0.113 e. The van der Waals surface area contributed by atoms with Gasteiger partial charge in [0.25, 0.3) is 0 Å². The summed E-state index contributed by atoms with van der Waals surface area (Å²) in [6.07, 6.45) is 0. The van der Waals surface area contributed by atoms with Crippen LogP contribution in [0.15, 0.2) is 21.9 Å². The van der Waals surface area contributed by atoms with Gasteiger partial charge in [0.1, 0.15) is 141 Å². The fourth-order valence-corrected chi connectivity index (χ4v) is 8.48. The molecule has 0 fully saturated rings. The molecular formula is C31H5B19S. The molecule has 0 amide bonds. The van der Waals surface area contributed by atoms with Gasteiger partial charge in [-0.15, -0.1) is 82.4 Å². The second-order valence-corrected chi connectivity index (χ2v) is 13.6. The van der Waals surface area contributed by atoms with E-state index >= 15 is 0 Å². The minimum absolute atomic E-state index is 0.00269. The zero-order valence-electron chi connectivity index (χ0n) is 27.5. The van der Waals surface area contributed by atoms with Crippen LogP contribution in [-0.4, -0.2) is 149 Å². The molecule has 0 nitrogen and oxygen atoms in total. The van der Waals surface area contributed by atoms with Gasteiger partial charge in [0.2, 0.25) is 0 Å². The first-order chi connectivity index (χ1) is 23.7. The quantitative estimate of drug-likeness (QED) is 0.201. The lowest BCUT2D eigenvalue weighted by atomic mass is 9.57. The molecule has 192 valence electrons. The van der Waals surface area contributed by atoms with Crippen molar-refractivity contribution in [3.05, 3.63) is 49.0 Å². The topological polar surface area (TPSA) is 0 Å². The fraction of sp³-hybridized carbons (Fsp3) is 0.0968.